The second-order valence-corrected chi connectivity index (χ2v) is 4.96. The van der Waals surface area contributed by atoms with E-state index in [0.29, 0.717) is 11.8 Å². The lowest BCUT2D eigenvalue weighted by molar-refractivity contribution is 0.109. The van der Waals surface area contributed by atoms with Crippen molar-refractivity contribution in [1.82, 2.24) is 5.32 Å². The topological polar surface area (TPSA) is 30.5 Å². The fourth-order valence-corrected chi connectivity index (χ4v) is 1.72. The smallest absolute Gasteiger partial charge is 0.0587 e. The Balaban J connectivity index is 3.53. The third-order valence-corrected chi connectivity index (χ3v) is 3.11. The highest BCUT2D eigenvalue weighted by molar-refractivity contribution is 4.66. The summed E-state index contributed by atoms with van der Waals surface area (Å²) >= 11 is 0. The molecule has 0 saturated carbocycles. The van der Waals surface area contributed by atoms with Gasteiger partial charge in [0.15, 0.2) is 0 Å². The fourth-order valence-electron chi connectivity index (χ4n) is 1.72. The Morgan fingerprint density at radius 1 is 1.12 bits per heavy atom. The van der Waals surface area contributed by atoms with Crippen molar-refractivity contribution in [3.05, 3.63) is 0 Å². The van der Waals surface area contributed by atoms with Crippen LogP contribution in [0.1, 0.15) is 40.0 Å². The normalized spacial score (nSPS) is 13.2. The first-order valence-corrected chi connectivity index (χ1v) is 6.99. The molecule has 0 saturated heterocycles. The summed E-state index contributed by atoms with van der Waals surface area (Å²) in [6.07, 6.45) is 3.55. The first kappa shape index (κ1) is 16.9. The van der Waals surface area contributed by atoms with E-state index in [4.69, 9.17) is 9.47 Å². The van der Waals surface area contributed by atoms with E-state index in [-0.39, 0.29) is 0 Å². The molecule has 3 heteroatoms. The minimum absolute atomic E-state index is 0.702. The summed E-state index contributed by atoms with van der Waals surface area (Å²) in [5.41, 5.74) is 0. The molecule has 0 fully saturated rings. The van der Waals surface area contributed by atoms with Crippen LogP contribution in [-0.4, -0.2) is 40.0 Å². The van der Waals surface area contributed by atoms with Gasteiger partial charge in [0.1, 0.15) is 0 Å². The summed E-state index contributed by atoms with van der Waals surface area (Å²) < 4.78 is 10.7. The fraction of sp³-hybridized carbons (Fsp3) is 1.00. The van der Waals surface area contributed by atoms with Crippen molar-refractivity contribution in [2.45, 2.75) is 40.0 Å². The van der Waals surface area contributed by atoms with Gasteiger partial charge in [-0.3, -0.25) is 0 Å². The van der Waals surface area contributed by atoms with Gasteiger partial charge in [-0.2, -0.15) is 0 Å². The molecule has 0 aliphatic carbocycles. The third-order valence-electron chi connectivity index (χ3n) is 3.11. The highest BCUT2D eigenvalue weighted by Crippen LogP contribution is 2.14. The lowest BCUT2D eigenvalue weighted by Gasteiger charge is -2.21. The van der Waals surface area contributed by atoms with E-state index in [0.717, 1.165) is 39.3 Å². The molecular weight excluding hydrogens is 214 g/mol. The third kappa shape index (κ3) is 10.7. The SMILES string of the molecule is CCCCOCCC(CNCCOC)C(C)C. The van der Waals surface area contributed by atoms with Crippen LogP contribution in [0.15, 0.2) is 0 Å². The van der Waals surface area contributed by atoms with Crippen molar-refractivity contribution in [2.75, 3.05) is 40.0 Å². The van der Waals surface area contributed by atoms with Crippen LogP contribution in [0.4, 0.5) is 0 Å². The molecule has 1 atom stereocenters. The zero-order chi connectivity index (χ0) is 12.9. The molecule has 0 aliphatic heterocycles. The minimum atomic E-state index is 0.702. The molecule has 0 radical (unpaired) electrons. The van der Waals surface area contributed by atoms with E-state index < -0.39 is 0 Å². The van der Waals surface area contributed by atoms with E-state index >= 15 is 0 Å². The Morgan fingerprint density at radius 2 is 1.88 bits per heavy atom. The molecule has 17 heavy (non-hydrogen) atoms. The molecule has 0 spiro atoms. The maximum absolute atomic E-state index is 5.63. The van der Waals surface area contributed by atoms with Crippen molar-refractivity contribution >= 4 is 0 Å². The first-order chi connectivity index (χ1) is 8.22. The highest BCUT2D eigenvalue weighted by Gasteiger charge is 2.12. The molecule has 0 rings (SSSR count). The van der Waals surface area contributed by atoms with Crippen molar-refractivity contribution in [2.24, 2.45) is 11.8 Å². The molecule has 0 aromatic heterocycles. The predicted molar refractivity (Wildman–Crippen MR) is 73.4 cm³/mol. The lowest BCUT2D eigenvalue weighted by atomic mass is 9.93. The quantitative estimate of drug-likeness (QED) is 0.536. The molecule has 0 aliphatic rings. The maximum atomic E-state index is 5.63. The molecule has 0 aromatic rings. The Hall–Kier alpha value is -0.120. The van der Waals surface area contributed by atoms with Gasteiger partial charge in [-0.05, 0) is 31.2 Å². The second-order valence-electron chi connectivity index (χ2n) is 4.96. The van der Waals surface area contributed by atoms with Crippen LogP contribution >= 0.6 is 0 Å². The van der Waals surface area contributed by atoms with E-state index in [1.54, 1.807) is 7.11 Å². The maximum Gasteiger partial charge on any atom is 0.0587 e. The van der Waals surface area contributed by atoms with Crippen LogP contribution in [0.5, 0.6) is 0 Å². The van der Waals surface area contributed by atoms with E-state index in [1.165, 1.54) is 12.8 Å². The van der Waals surface area contributed by atoms with Crippen LogP contribution in [0.2, 0.25) is 0 Å². The summed E-state index contributed by atoms with van der Waals surface area (Å²) in [5.74, 6) is 1.41. The van der Waals surface area contributed by atoms with Crippen molar-refractivity contribution < 1.29 is 9.47 Å². The summed E-state index contributed by atoms with van der Waals surface area (Å²) in [6.45, 7) is 11.4. The lowest BCUT2D eigenvalue weighted by Crippen LogP contribution is -2.29. The number of hydrogen-bond acceptors (Lipinski definition) is 3. The second kappa shape index (κ2) is 12.3. The first-order valence-electron chi connectivity index (χ1n) is 6.99. The van der Waals surface area contributed by atoms with Crippen LogP contribution < -0.4 is 5.32 Å². The van der Waals surface area contributed by atoms with E-state index in [9.17, 15) is 0 Å². The van der Waals surface area contributed by atoms with Crippen molar-refractivity contribution in [3.63, 3.8) is 0 Å². The Morgan fingerprint density at radius 3 is 2.47 bits per heavy atom. The van der Waals surface area contributed by atoms with E-state index in [2.05, 4.69) is 26.1 Å². The largest absolute Gasteiger partial charge is 0.383 e. The highest BCUT2D eigenvalue weighted by atomic mass is 16.5. The zero-order valence-corrected chi connectivity index (χ0v) is 12.1. The standard InChI is InChI=1S/C14H31NO2/c1-5-6-9-17-10-7-14(13(2)3)12-15-8-11-16-4/h13-15H,5-12H2,1-4H3. The Bertz CT molecular complexity index is 151. The van der Waals surface area contributed by atoms with Crippen LogP contribution in [0.25, 0.3) is 0 Å². The van der Waals surface area contributed by atoms with E-state index in [1.807, 2.05) is 0 Å². The summed E-state index contributed by atoms with van der Waals surface area (Å²) in [4.78, 5) is 0. The molecule has 0 aromatic carbocycles. The van der Waals surface area contributed by atoms with Crippen molar-refractivity contribution in [3.8, 4) is 0 Å². The average Bonchev–Trinajstić information content (AvgIpc) is 2.31. The molecule has 3 nitrogen and oxygen atoms in total. The van der Waals surface area contributed by atoms with Gasteiger partial charge in [-0.25, -0.2) is 0 Å². The zero-order valence-electron chi connectivity index (χ0n) is 12.1. The van der Waals surface area contributed by atoms with Gasteiger partial charge in [0.2, 0.25) is 0 Å². The average molecular weight is 245 g/mol. The van der Waals surface area contributed by atoms with Crippen LogP contribution in [0.3, 0.4) is 0 Å². The molecule has 1 unspecified atom stereocenters. The predicted octanol–water partition coefficient (Wildman–Crippen LogP) is 2.70. The van der Waals surface area contributed by atoms with Gasteiger partial charge in [0.25, 0.3) is 0 Å². The number of methoxy groups -OCH3 is 1. The van der Waals surface area contributed by atoms with Gasteiger partial charge in [0, 0.05) is 26.9 Å². The molecule has 0 heterocycles. The van der Waals surface area contributed by atoms with Gasteiger partial charge in [-0.15, -0.1) is 0 Å². The Labute approximate surface area is 107 Å². The molecule has 0 bridgehead atoms. The van der Waals surface area contributed by atoms with Crippen LogP contribution in [0, 0.1) is 11.8 Å². The summed E-state index contributed by atoms with van der Waals surface area (Å²) in [5, 5.41) is 3.44. The Kier molecular flexibility index (Phi) is 12.3. The monoisotopic (exact) mass is 245 g/mol. The van der Waals surface area contributed by atoms with Crippen LogP contribution in [-0.2, 0) is 9.47 Å². The molecule has 0 amide bonds. The van der Waals surface area contributed by atoms with Crippen molar-refractivity contribution in [1.29, 1.82) is 0 Å². The molecule has 104 valence electrons. The number of unbranched alkanes of at least 4 members (excludes halogenated alkanes) is 1. The molecular formula is C14H31NO2. The van der Waals surface area contributed by atoms with Gasteiger partial charge < -0.3 is 14.8 Å². The molecule has 1 N–H and O–H groups in total. The number of hydrogen-bond donors (Lipinski definition) is 1. The van der Waals surface area contributed by atoms with Gasteiger partial charge in [0.05, 0.1) is 6.61 Å². The number of rotatable bonds is 12. The van der Waals surface area contributed by atoms with Gasteiger partial charge in [-0.1, -0.05) is 27.2 Å². The number of nitrogens with one attached hydrogen (secondary N) is 1. The summed E-state index contributed by atoms with van der Waals surface area (Å²) in [6, 6.07) is 0. The van der Waals surface area contributed by atoms with Gasteiger partial charge >= 0.3 is 0 Å². The number of ether oxygens (including phenoxy) is 2. The minimum Gasteiger partial charge on any atom is -0.383 e. The summed E-state index contributed by atoms with van der Waals surface area (Å²) in [7, 11) is 1.74.